The Hall–Kier alpha value is -0.290. The van der Waals surface area contributed by atoms with Crippen LogP contribution in [0.5, 0.6) is 0 Å². The lowest BCUT2D eigenvalue weighted by molar-refractivity contribution is 0.00578. The minimum absolute atomic E-state index is 0.200. The van der Waals surface area contributed by atoms with E-state index < -0.39 is 0 Å². The van der Waals surface area contributed by atoms with E-state index in [0.29, 0.717) is 6.73 Å². The second-order valence-corrected chi connectivity index (χ2v) is 6.10. The zero-order chi connectivity index (χ0) is 13.4. The molecule has 0 aromatic rings. The Balaban J connectivity index is 1.99. The van der Waals surface area contributed by atoms with E-state index in [4.69, 9.17) is 19.7 Å². The third-order valence-electron chi connectivity index (χ3n) is 4.29. The zero-order valence-electron chi connectivity index (χ0n) is 11.9. The fourth-order valence-electron chi connectivity index (χ4n) is 2.33. The number of allylic oxidation sites excluding steroid dienone is 2. The average Bonchev–Trinajstić information content (AvgIpc) is 2.50. The van der Waals surface area contributed by atoms with Crippen molar-refractivity contribution in [2.75, 3.05) is 6.73 Å². The van der Waals surface area contributed by atoms with Crippen molar-refractivity contribution >= 4 is 14.0 Å². The highest BCUT2D eigenvalue weighted by molar-refractivity contribution is 6.58. The van der Waals surface area contributed by atoms with Crippen molar-refractivity contribution < 1.29 is 14.0 Å². The van der Waals surface area contributed by atoms with Crippen LogP contribution in [0.4, 0.5) is 0 Å². The molecule has 0 bridgehead atoms. The minimum Gasteiger partial charge on any atom is -0.424 e. The molecule has 0 aliphatic carbocycles. The van der Waals surface area contributed by atoms with Crippen LogP contribution in [-0.4, -0.2) is 32.0 Å². The highest BCUT2D eigenvalue weighted by atomic mass is 16.7. The highest BCUT2D eigenvalue weighted by Gasteiger charge is 2.52. The molecule has 18 heavy (non-hydrogen) atoms. The van der Waals surface area contributed by atoms with Crippen molar-refractivity contribution in [3.05, 3.63) is 11.5 Å². The van der Waals surface area contributed by atoms with Gasteiger partial charge in [0.1, 0.15) is 0 Å². The van der Waals surface area contributed by atoms with Crippen LogP contribution >= 0.6 is 0 Å². The van der Waals surface area contributed by atoms with Gasteiger partial charge in [0.25, 0.3) is 6.92 Å². The molecule has 0 radical (unpaired) electrons. The first-order valence-corrected chi connectivity index (χ1v) is 6.72. The fraction of sp³-hybridized carbons (Fsp3) is 0.833. The minimum atomic E-state index is -0.261. The lowest BCUT2D eigenvalue weighted by Crippen LogP contribution is -2.41. The van der Waals surface area contributed by atoms with Gasteiger partial charge in [-0.3, -0.25) is 0 Å². The summed E-state index contributed by atoms with van der Waals surface area (Å²) in [6.45, 7) is 8.87. The molecule has 2 aliphatic heterocycles. The zero-order valence-corrected chi connectivity index (χ0v) is 11.9. The number of hydrogen-bond acceptors (Lipinski definition) is 4. The molecule has 1 fully saturated rings. The Morgan fingerprint density at radius 1 is 1.28 bits per heavy atom. The molecule has 0 saturated carbocycles. The van der Waals surface area contributed by atoms with Crippen LogP contribution in [0.25, 0.3) is 0 Å². The molecule has 0 amide bonds. The van der Waals surface area contributed by atoms with E-state index in [2.05, 4.69) is 33.8 Å². The monoisotopic (exact) mass is 251 g/mol. The molecular weight excluding hydrogens is 228 g/mol. The predicted molar refractivity (Wildman–Crippen MR) is 74.3 cm³/mol. The second kappa shape index (κ2) is 5.00. The molecule has 2 N–H and O–H groups in total. The molecule has 1 saturated heterocycles. The van der Waals surface area contributed by atoms with Crippen molar-refractivity contribution in [2.45, 2.75) is 58.0 Å². The molecule has 0 atom stereocenters. The molecule has 100 valence electrons. The molecule has 0 aromatic carbocycles. The first-order chi connectivity index (χ1) is 8.36. The Kier molecular flexibility index (Phi) is 3.93. The third kappa shape index (κ3) is 2.67. The van der Waals surface area contributed by atoms with Crippen LogP contribution in [0.3, 0.4) is 0 Å². The van der Waals surface area contributed by atoms with Crippen LogP contribution in [0, 0.1) is 0 Å². The number of hydrogen-bond donors (Lipinski definition) is 1. The van der Waals surface area contributed by atoms with Crippen molar-refractivity contribution in [3.63, 3.8) is 0 Å². The van der Waals surface area contributed by atoms with Crippen molar-refractivity contribution in [1.29, 1.82) is 0 Å². The molecule has 6 heteroatoms. The molecule has 4 nitrogen and oxygen atoms in total. The predicted octanol–water partition coefficient (Wildman–Crippen LogP) is 1.87. The standard InChI is InChI=1S/C12H23B2NO3/c1-11(2)12(3,4)18-14(17-11)10-5-7-13(8-6-10)16-9-15/h5H,6-9,15H2,1-4H3. The van der Waals surface area contributed by atoms with Crippen LogP contribution in [-0.2, 0) is 14.0 Å². The summed E-state index contributed by atoms with van der Waals surface area (Å²) in [5.74, 6) is 0. The van der Waals surface area contributed by atoms with Gasteiger partial charge >= 0.3 is 7.12 Å². The summed E-state index contributed by atoms with van der Waals surface area (Å²) >= 11 is 0. The maximum Gasteiger partial charge on any atom is 0.490 e. The van der Waals surface area contributed by atoms with Crippen LogP contribution in [0.2, 0.25) is 12.6 Å². The van der Waals surface area contributed by atoms with Crippen molar-refractivity contribution in [3.8, 4) is 0 Å². The van der Waals surface area contributed by atoms with Gasteiger partial charge < -0.3 is 19.7 Å². The maximum absolute atomic E-state index is 6.04. The summed E-state index contributed by atoms with van der Waals surface area (Å²) in [6, 6.07) is 0. The average molecular weight is 251 g/mol. The van der Waals surface area contributed by atoms with Crippen LogP contribution in [0.15, 0.2) is 11.5 Å². The topological polar surface area (TPSA) is 53.7 Å². The van der Waals surface area contributed by atoms with E-state index in [-0.39, 0.29) is 25.2 Å². The normalized spacial score (nSPS) is 26.4. The smallest absolute Gasteiger partial charge is 0.424 e. The highest BCUT2D eigenvalue weighted by Crippen LogP contribution is 2.40. The first-order valence-electron chi connectivity index (χ1n) is 6.72. The lowest BCUT2D eigenvalue weighted by atomic mass is 9.53. The van der Waals surface area contributed by atoms with Gasteiger partial charge in [-0.1, -0.05) is 6.08 Å². The van der Waals surface area contributed by atoms with Gasteiger partial charge in [0.05, 0.1) is 17.9 Å². The Bertz CT molecular complexity index is 328. The Morgan fingerprint density at radius 2 is 1.89 bits per heavy atom. The van der Waals surface area contributed by atoms with E-state index >= 15 is 0 Å². The van der Waals surface area contributed by atoms with Gasteiger partial charge in [-0.15, -0.1) is 0 Å². The number of nitrogens with two attached hydrogens (primary N) is 1. The van der Waals surface area contributed by atoms with Crippen molar-refractivity contribution in [1.82, 2.24) is 0 Å². The summed E-state index contributed by atoms with van der Waals surface area (Å²) in [4.78, 5) is 0. The number of rotatable bonds is 3. The molecule has 0 spiro atoms. The Labute approximate surface area is 110 Å². The van der Waals surface area contributed by atoms with Crippen molar-refractivity contribution in [2.24, 2.45) is 5.73 Å². The summed E-state index contributed by atoms with van der Waals surface area (Å²) in [6.07, 6.45) is 5.04. The molecular formula is C12H23B2NO3. The fourth-order valence-corrected chi connectivity index (χ4v) is 2.33. The lowest BCUT2D eigenvalue weighted by Gasteiger charge is -2.32. The maximum atomic E-state index is 6.04. The van der Waals surface area contributed by atoms with Gasteiger partial charge in [-0.05, 0) is 52.2 Å². The molecule has 2 heterocycles. The van der Waals surface area contributed by atoms with Gasteiger partial charge in [0, 0.05) is 0 Å². The third-order valence-corrected chi connectivity index (χ3v) is 4.29. The van der Waals surface area contributed by atoms with Gasteiger partial charge in [0.2, 0.25) is 0 Å². The van der Waals surface area contributed by atoms with Gasteiger partial charge in [0.15, 0.2) is 0 Å². The quantitative estimate of drug-likeness (QED) is 0.614. The summed E-state index contributed by atoms with van der Waals surface area (Å²) < 4.78 is 17.5. The summed E-state index contributed by atoms with van der Waals surface area (Å²) in [5, 5.41) is 0. The molecule has 2 aliphatic rings. The van der Waals surface area contributed by atoms with E-state index in [1.165, 1.54) is 5.47 Å². The second-order valence-electron chi connectivity index (χ2n) is 6.10. The van der Waals surface area contributed by atoms with E-state index in [1.807, 2.05) is 0 Å². The van der Waals surface area contributed by atoms with Gasteiger partial charge in [-0.2, -0.15) is 0 Å². The molecule has 0 unspecified atom stereocenters. The molecule has 0 aromatic heterocycles. The van der Waals surface area contributed by atoms with Gasteiger partial charge in [-0.25, -0.2) is 0 Å². The van der Waals surface area contributed by atoms with E-state index in [1.54, 1.807) is 0 Å². The molecule has 2 rings (SSSR count). The van der Waals surface area contributed by atoms with E-state index in [9.17, 15) is 0 Å². The van der Waals surface area contributed by atoms with Crippen LogP contribution in [0.1, 0.15) is 34.1 Å². The summed E-state index contributed by atoms with van der Waals surface area (Å²) in [5.41, 5.74) is 6.11. The van der Waals surface area contributed by atoms with Crippen LogP contribution < -0.4 is 5.73 Å². The van der Waals surface area contributed by atoms with E-state index in [0.717, 1.165) is 19.1 Å². The Morgan fingerprint density at radius 3 is 2.33 bits per heavy atom. The first kappa shape index (κ1) is 14.1. The SMILES string of the molecule is CC1(C)OB(C2=CCB(OCN)CC2)OC1(C)C. The summed E-state index contributed by atoms with van der Waals surface area (Å²) in [7, 11) is -0.200. The largest absolute Gasteiger partial charge is 0.490 e.